The number of ether oxygens (including phenoxy) is 1. The van der Waals surface area contributed by atoms with Crippen LogP contribution in [0, 0.1) is 6.92 Å². The van der Waals surface area contributed by atoms with Gasteiger partial charge in [0.1, 0.15) is 0 Å². The maximum atomic E-state index is 13.2. The highest BCUT2D eigenvalue weighted by Gasteiger charge is 2.24. The van der Waals surface area contributed by atoms with Crippen LogP contribution in [-0.4, -0.2) is 39.9 Å². The molecule has 4 rings (SSSR count). The fraction of sp³-hybridized carbons (Fsp3) is 0.409. The Labute approximate surface area is 170 Å². The number of nitrogens with zero attached hydrogens (tertiary/aromatic N) is 3. The molecule has 1 saturated heterocycles. The first-order valence-corrected chi connectivity index (χ1v) is 10.2. The van der Waals surface area contributed by atoms with Crippen molar-refractivity contribution in [1.29, 1.82) is 0 Å². The molecule has 1 aromatic carbocycles. The van der Waals surface area contributed by atoms with Crippen molar-refractivity contribution in [3.63, 3.8) is 0 Å². The third kappa shape index (κ3) is 4.10. The second-order valence-corrected chi connectivity index (χ2v) is 7.34. The largest absolute Gasteiger partial charge is 0.381 e. The number of pyridine rings is 1. The molecule has 0 bridgehead atoms. The summed E-state index contributed by atoms with van der Waals surface area (Å²) < 4.78 is 7.35. The number of anilines is 1. The lowest BCUT2D eigenvalue weighted by molar-refractivity contribution is 0.0903. The van der Waals surface area contributed by atoms with Crippen LogP contribution in [0.25, 0.3) is 11.0 Å². The molecule has 2 N–H and O–H groups in total. The maximum Gasteiger partial charge on any atom is 0.255 e. The molecule has 0 saturated carbocycles. The standard InChI is InChI=1S/C22H27N5O2/c1-3-27-21-18(14-24-27)20(26-17-9-11-29-12-10-17)19(15(2)25-21)22(28)23-13-16-7-5-4-6-8-16/h4-8,14,17H,3,9-13H2,1-2H3,(H,23,28)(H,25,26). The fourth-order valence-corrected chi connectivity index (χ4v) is 3.78. The van der Waals surface area contributed by atoms with E-state index in [1.165, 1.54) is 0 Å². The quantitative estimate of drug-likeness (QED) is 0.672. The van der Waals surface area contributed by atoms with E-state index in [1.807, 2.05) is 48.9 Å². The highest BCUT2D eigenvalue weighted by atomic mass is 16.5. The van der Waals surface area contributed by atoms with Crippen LogP contribution in [0.5, 0.6) is 0 Å². The number of carbonyl (C=O) groups excluding carboxylic acids is 1. The van der Waals surface area contributed by atoms with E-state index in [0.29, 0.717) is 17.8 Å². The second-order valence-electron chi connectivity index (χ2n) is 7.34. The Kier molecular flexibility index (Phi) is 5.76. The van der Waals surface area contributed by atoms with Crippen molar-refractivity contribution in [2.24, 2.45) is 0 Å². The number of hydrogen-bond acceptors (Lipinski definition) is 5. The molecular weight excluding hydrogens is 366 g/mol. The minimum atomic E-state index is -0.125. The van der Waals surface area contributed by atoms with Crippen LogP contribution < -0.4 is 10.6 Å². The van der Waals surface area contributed by atoms with Crippen LogP contribution in [0.1, 0.15) is 41.4 Å². The Balaban J connectivity index is 1.69. The van der Waals surface area contributed by atoms with Gasteiger partial charge in [-0.05, 0) is 32.3 Å². The van der Waals surface area contributed by atoms with Crippen LogP contribution in [-0.2, 0) is 17.8 Å². The normalized spacial score (nSPS) is 14.8. The zero-order chi connectivity index (χ0) is 20.2. The minimum Gasteiger partial charge on any atom is -0.381 e. The van der Waals surface area contributed by atoms with Crippen molar-refractivity contribution in [3.05, 3.63) is 53.3 Å². The predicted molar refractivity (Wildman–Crippen MR) is 113 cm³/mol. The van der Waals surface area contributed by atoms with Crippen LogP contribution >= 0.6 is 0 Å². The summed E-state index contributed by atoms with van der Waals surface area (Å²) in [7, 11) is 0. The van der Waals surface area contributed by atoms with Gasteiger partial charge in [-0.3, -0.25) is 4.79 Å². The molecule has 1 amide bonds. The fourth-order valence-electron chi connectivity index (χ4n) is 3.78. The maximum absolute atomic E-state index is 13.2. The van der Waals surface area contributed by atoms with Crippen LogP contribution in [0.15, 0.2) is 36.5 Å². The first kappa shape index (κ1) is 19.4. The van der Waals surface area contributed by atoms with Gasteiger partial charge in [0.25, 0.3) is 5.91 Å². The van der Waals surface area contributed by atoms with E-state index in [9.17, 15) is 4.79 Å². The predicted octanol–water partition coefficient (Wildman–Crippen LogP) is 3.28. The summed E-state index contributed by atoms with van der Waals surface area (Å²) in [6.07, 6.45) is 3.63. The first-order valence-electron chi connectivity index (χ1n) is 10.2. The number of rotatable bonds is 6. The summed E-state index contributed by atoms with van der Waals surface area (Å²) in [6.45, 7) is 6.59. The van der Waals surface area contributed by atoms with E-state index in [-0.39, 0.29) is 11.9 Å². The molecule has 0 unspecified atom stereocenters. The number of hydrogen-bond donors (Lipinski definition) is 2. The smallest absolute Gasteiger partial charge is 0.255 e. The molecule has 1 aliphatic rings. The summed E-state index contributed by atoms with van der Waals surface area (Å²) in [5.41, 5.74) is 3.98. The number of aromatic nitrogens is 3. The monoisotopic (exact) mass is 393 g/mol. The molecule has 0 radical (unpaired) electrons. The molecule has 7 heteroatoms. The average Bonchev–Trinajstić information content (AvgIpc) is 3.16. The molecule has 0 atom stereocenters. The number of benzene rings is 1. The van der Waals surface area contributed by atoms with Gasteiger partial charge in [0.15, 0.2) is 5.65 Å². The first-order chi connectivity index (χ1) is 14.2. The van der Waals surface area contributed by atoms with Gasteiger partial charge in [-0.25, -0.2) is 9.67 Å². The van der Waals surface area contributed by atoms with Gasteiger partial charge in [0, 0.05) is 32.3 Å². The molecule has 152 valence electrons. The van der Waals surface area contributed by atoms with Crippen molar-refractivity contribution in [1.82, 2.24) is 20.1 Å². The SMILES string of the molecule is CCn1ncc2c(NC3CCOCC3)c(C(=O)NCc3ccccc3)c(C)nc21. The van der Waals surface area contributed by atoms with E-state index in [0.717, 1.165) is 54.9 Å². The van der Waals surface area contributed by atoms with Gasteiger partial charge < -0.3 is 15.4 Å². The zero-order valence-corrected chi connectivity index (χ0v) is 16.9. The summed E-state index contributed by atoms with van der Waals surface area (Å²) in [6, 6.07) is 10.2. The lowest BCUT2D eigenvalue weighted by atomic mass is 10.0. The highest BCUT2D eigenvalue weighted by Crippen LogP contribution is 2.30. The van der Waals surface area contributed by atoms with Crippen LogP contribution in [0.4, 0.5) is 5.69 Å². The Morgan fingerprint density at radius 1 is 1.24 bits per heavy atom. The van der Waals surface area contributed by atoms with E-state index in [2.05, 4.69) is 15.7 Å². The van der Waals surface area contributed by atoms with Gasteiger partial charge >= 0.3 is 0 Å². The lowest BCUT2D eigenvalue weighted by Crippen LogP contribution is -2.31. The summed E-state index contributed by atoms with van der Waals surface area (Å²) in [5, 5.41) is 12.0. The molecular formula is C22H27N5O2. The number of fused-ring (bicyclic) bond motifs is 1. The molecule has 2 aromatic heterocycles. The van der Waals surface area contributed by atoms with Crippen molar-refractivity contribution >= 4 is 22.6 Å². The minimum absolute atomic E-state index is 0.125. The van der Waals surface area contributed by atoms with Gasteiger partial charge in [-0.1, -0.05) is 30.3 Å². The average molecular weight is 393 g/mol. The van der Waals surface area contributed by atoms with Crippen molar-refractivity contribution in [3.8, 4) is 0 Å². The summed E-state index contributed by atoms with van der Waals surface area (Å²) in [5.74, 6) is -0.125. The van der Waals surface area contributed by atoms with E-state index in [4.69, 9.17) is 9.72 Å². The van der Waals surface area contributed by atoms with Crippen LogP contribution in [0.2, 0.25) is 0 Å². The summed E-state index contributed by atoms with van der Waals surface area (Å²) >= 11 is 0. The molecule has 3 heterocycles. The molecule has 7 nitrogen and oxygen atoms in total. The van der Waals surface area contributed by atoms with Crippen molar-refractivity contribution in [2.75, 3.05) is 18.5 Å². The molecule has 29 heavy (non-hydrogen) atoms. The van der Waals surface area contributed by atoms with Crippen molar-refractivity contribution in [2.45, 2.75) is 45.8 Å². The van der Waals surface area contributed by atoms with Gasteiger partial charge in [-0.15, -0.1) is 0 Å². The van der Waals surface area contributed by atoms with Gasteiger partial charge in [0.05, 0.1) is 28.5 Å². The molecule has 0 spiro atoms. The highest BCUT2D eigenvalue weighted by molar-refractivity contribution is 6.07. The second kappa shape index (κ2) is 8.61. The zero-order valence-electron chi connectivity index (χ0n) is 16.9. The Morgan fingerprint density at radius 3 is 2.72 bits per heavy atom. The third-order valence-electron chi connectivity index (χ3n) is 5.36. The Hall–Kier alpha value is -2.93. The summed E-state index contributed by atoms with van der Waals surface area (Å²) in [4.78, 5) is 17.9. The van der Waals surface area contributed by atoms with E-state index < -0.39 is 0 Å². The van der Waals surface area contributed by atoms with Gasteiger partial charge in [0.2, 0.25) is 0 Å². The molecule has 3 aromatic rings. The van der Waals surface area contributed by atoms with E-state index >= 15 is 0 Å². The molecule has 0 aliphatic carbocycles. The Morgan fingerprint density at radius 2 is 2.00 bits per heavy atom. The van der Waals surface area contributed by atoms with E-state index in [1.54, 1.807) is 6.20 Å². The number of amides is 1. The number of aryl methyl sites for hydroxylation is 2. The Bertz CT molecular complexity index is 993. The van der Waals surface area contributed by atoms with Gasteiger partial charge in [-0.2, -0.15) is 5.10 Å². The lowest BCUT2D eigenvalue weighted by Gasteiger charge is -2.26. The molecule has 1 aliphatic heterocycles. The third-order valence-corrected chi connectivity index (χ3v) is 5.36. The van der Waals surface area contributed by atoms with Crippen LogP contribution in [0.3, 0.4) is 0 Å². The number of nitrogens with one attached hydrogen (secondary N) is 2. The van der Waals surface area contributed by atoms with Crippen molar-refractivity contribution < 1.29 is 9.53 Å². The molecule has 1 fully saturated rings. The topological polar surface area (TPSA) is 81.1 Å². The number of carbonyl (C=O) groups is 1.